The number of thiophene rings is 1. The molecule has 6 heteroatoms. The number of hydrogen-bond donors (Lipinski definition) is 0. The number of rotatable bonds is 1. The predicted octanol–water partition coefficient (Wildman–Crippen LogP) is 3.46. The molecule has 0 saturated heterocycles. The van der Waals surface area contributed by atoms with Gasteiger partial charge in [0.05, 0.1) is 11.1 Å². The van der Waals surface area contributed by atoms with Crippen LogP contribution in [0.5, 0.6) is 0 Å². The fourth-order valence-corrected chi connectivity index (χ4v) is 2.88. The van der Waals surface area contributed by atoms with Gasteiger partial charge in [0.1, 0.15) is 4.83 Å². The van der Waals surface area contributed by atoms with E-state index in [2.05, 4.69) is 22.0 Å². The molecule has 3 rings (SSSR count). The van der Waals surface area contributed by atoms with E-state index in [1.165, 1.54) is 5.56 Å². The summed E-state index contributed by atoms with van der Waals surface area (Å²) in [4.78, 5) is 9.42. The molecule has 0 aliphatic heterocycles. The van der Waals surface area contributed by atoms with Crippen molar-refractivity contribution >= 4 is 33.2 Å². The second kappa shape index (κ2) is 4.03. The van der Waals surface area contributed by atoms with Crippen molar-refractivity contribution in [3.8, 4) is 5.82 Å². The van der Waals surface area contributed by atoms with Gasteiger partial charge in [-0.25, -0.2) is 9.67 Å². The van der Waals surface area contributed by atoms with Crippen molar-refractivity contribution in [3.05, 3.63) is 33.7 Å². The summed E-state index contributed by atoms with van der Waals surface area (Å²) < 4.78 is 1.84. The van der Waals surface area contributed by atoms with Gasteiger partial charge in [-0.1, -0.05) is 0 Å². The van der Waals surface area contributed by atoms with Crippen LogP contribution in [0.4, 0.5) is 0 Å². The average molecular weight is 279 g/mol. The third kappa shape index (κ3) is 1.62. The van der Waals surface area contributed by atoms with Gasteiger partial charge < -0.3 is 0 Å². The first-order chi connectivity index (χ1) is 8.58. The fraction of sp³-hybridized carbons (Fsp3) is 0.250. The van der Waals surface area contributed by atoms with Crippen molar-refractivity contribution < 1.29 is 0 Å². The molecule has 92 valence electrons. The second-order valence-electron chi connectivity index (χ2n) is 4.16. The summed E-state index contributed by atoms with van der Waals surface area (Å²) in [6, 6.07) is 2.00. The molecule has 0 amide bonds. The topological polar surface area (TPSA) is 43.6 Å². The third-order valence-corrected chi connectivity index (χ3v) is 4.11. The lowest BCUT2D eigenvalue weighted by Crippen LogP contribution is -2.03. The van der Waals surface area contributed by atoms with E-state index in [-0.39, 0.29) is 5.28 Å². The van der Waals surface area contributed by atoms with Crippen molar-refractivity contribution in [1.82, 2.24) is 19.7 Å². The number of hydrogen-bond acceptors (Lipinski definition) is 4. The Labute approximate surface area is 113 Å². The molecule has 4 nitrogen and oxygen atoms in total. The standard InChI is InChI=1S/C12H11ClN4S/c1-6-7(2)16-17(8(6)3)10-9-4-5-18-11(9)15-12(13)14-10/h4-5H,1-3H3. The Morgan fingerprint density at radius 2 is 2.00 bits per heavy atom. The van der Waals surface area contributed by atoms with Crippen LogP contribution in [0.3, 0.4) is 0 Å². The lowest BCUT2D eigenvalue weighted by Gasteiger charge is -2.05. The van der Waals surface area contributed by atoms with Gasteiger partial charge in [0, 0.05) is 5.69 Å². The molecule has 0 unspecified atom stereocenters. The fourth-order valence-electron chi connectivity index (χ4n) is 1.90. The molecule has 18 heavy (non-hydrogen) atoms. The molecule has 3 heterocycles. The summed E-state index contributed by atoms with van der Waals surface area (Å²) in [5.41, 5.74) is 3.26. The highest BCUT2D eigenvalue weighted by molar-refractivity contribution is 7.16. The van der Waals surface area contributed by atoms with Crippen LogP contribution >= 0.6 is 22.9 Å². The minimum Gasteiger partial charge on any atom is -0.218 e. The maximum absolute atomic E-state index is 5.97. The van der Waals surface area contributed by atoms with Gasteiger partial charge in [-0.05, 0) is 49.4 Å². The Bertz CT molecular complexity index is 744. The zero-order valence-electron chi connectivity index (χ0n) is 10.2. The zero-order chi connectivity index (χ0) is 12.9. The first-order valence-electron chi connectivity index (χ1n) is 5.52. The molecular weight excluding hydrogens is 268 g/mol. The first-order valence-corrected chi connectivity index (χ1v) is 6.77. The molecule has 0 atom stereocenters. The summed E-state index contributed by atoms with van der Waals surface area (Å²) in [5, 5.41) is 7.74. The highest BCUT2D eigenvalue weighted by atomic mass is 35.5. The quantitative estimate of drug-likeness (QED) is 0.640. The summed E-state index contributed by atoms with van der Waals surface area (Å²) in [6.45, 7) is 6.08. The van der Waals surface area contributed by atoms with Crippen molar-refractivity contribution in [1.29, 1.82) is 0 Å². The van der Waals surface area contributed by atoms with E-state index in [4.69, 9.17) is 11.6 Å². The number of fused-ring (bicyclic) bond motifs is 1. The van der Waals surface area contributed by atoms with Crippen molar-refractivity contribution in [3.63, 3.8) is 0 Å². The van der Waals surface area contributed by atoms with Crippen LogP contribution in [0.25, 0.3) is 16.0 Å². The Morgan fingerprint density at radius 3 is 2.67 bits per heavy atom. The monoisotopic (exact) mass is 278 g/mol. The van der Waals surface area contributed by atoms with Crippen LogP contribution < -0.4 is 0 Å². The van der Waals surface area contributed by atoms with E-state index in [1.54, 1.807) is 11.3 Å². The number of aryl methyl sites for hydroxylation is 1. The van der Waals surface area contributed by atoms with E-state index in [0.29, 0.717) is 0 Å². The van der Waals surface area contributed by atoms with Gasteiger partial charge in [0.25, 0.3) is 0 Å². The molecule has 0 radical (unpaired) electrons. The van der Waals surface area contributed by atoms with E-state index >= 15 is 0 Å². The van der Waals surface area contributed by atoms with Crippen molar-refractivity contribution in [2.24, 2.45) is 0 Å². The summed E-state index contributed by atoms with van der Waals surface area (Å²) in [5.74, 6) is 0.750. The average Bonchev–Trinajstić information content (AvgIpc) is 2.88. The van der Waals surface area contributed by atoms with Gasteiger partial charge in [-0.3, -0.25) is 0 Å². The Balaban J connectivity index is 2.37. The molecule has 3 aromatic heterocycles. The number of nitrogens with zero attached hydrogens (tertiary/aromatic N) is 4. The zero-order valence-corrected chi connectivity index (χ0v) is 11.8. The highest BCUT2D eigenvalue weighted by Gasteiger charge is 2.15. The molecular formula is C12H11ClN4S. The molecule has 0 saturated carbocycles. The maximum atomic E-state index is 5.97. The minimum atomic E-state index is 0.255. The highest BCUT2D eigenvalue weighted by Crippen LogP contribution is 2.27. The Hall–Kier alpha value is -1.46. The van der Waals surface area contributed by atoms with Gasteiger partial charge in [-0.15, -0.1) is 11.3 Å². The molecule has 0 spiro atoms. The molecule has 0 fully saturated rings. The van der Waals surface area contributed by atoms with Crippen molar-refractivity contribution in [2.45, 2.75) is 20.8 Å². The molecule has 0 aliphatic rings. The van der Waals surface area contributed by atoms with E-state index in [9.17, 15) is 0 Å². The first kappa shape index (κ1) is 11.6. The SMILES string of the molecule is Cc1nn(-c2nc(Cl)nc3sccc23)c(C)c1C. The lowest BCUT2D eigenvalue weighted by molar-refractivity contribution is 0.810. The molecule has 0 bridgehead atoms. The summed E-state index contributed by atoms with van der Waals surface area (Å²) in [7, 11) is 0. The lowest BCUT2D eigenvalue weighted by atomic mass is 10.2. The normalized spacial score (nSPS) is 11.3. The van der Waals surface area contributed by atoms with Crippen LogP contribution in [-0.4, -0.2) is 19.7 Å². The van der Waals surface area contributed by atoms with Crippen LogP contribution in [0.2, 0.25) is 5.28 Å². The molecule has 0 aromatic carbocycles. The van der Waals surface area contributed by atoms with Crippen molar-refractivity contribution in [2.75, 3.05) is 0 Å². The maximum Gasteiger partial charge on any atom is 0.225 e. The Morgan fingerprint density at radius 1 is 1.22 bits per heavy atom. The largest absolute Gasteiger partial charge is 0.225 e. The van der Waals surface area contributed by atoms with Gasteiger partial charge in [0.15, 0.2) is 5.82 Å². The van der Waals surface area contributed by atoms with Crippen LogP contribution in [0.1, 0.15) is 17.0 Å². The van der Waals surface area contributed by atoms with E-state index < -0.39 is 0 Å². The smallest absolute Gasteiger partial charge is 0.218 e. The third-order valence-electron chi connectivity index (χ3n) is 3.13. The van der Waals surface area contributed by atoms with Crippen LogP contribution in [0.15, 0.2) is 11.4 Å². The minimum absolute atomic E-state index is 0.255. The van der Waals surface area contributed by atoms with Gasteiger partial charge in [-0.2, -0.15) is 10.1 Å². The van der Waals surface area contributed by atoms with Crippen LogP contribution in [-0.2, 0) is 0 Å². The number of aromatic nitrogens is 4. The van der Waals surface area contributed by atoms with E-state index in [1.807, 2.05) is 30.0 Å². The van der Waals surface area contributed by atoms with Gasteiger partial charge >= 0.3 is 0 Å². The summed E-state index contributed by atoms with van der Waals surface area (Å²) in [6.07, 6.45) is 0. The van der Waals surface area contributed by atoms with Gasteiger partial charge in [0.2, 0.25) is 5.28 Å². The summed E-state index contributed by atoms with van der Waals surface area (Å²) >= 11 is 7.52. The molecule has 0 aliphatic carbocycles. The Kier molecular flexibility index (Phi) is 2.60. The predicted molar refractivity (Wildman–Crippen MR) is 73.8 cm³/mol. The number of halogens is 1. The second-order valence-corrected chi connectivity index (χ2v) is 5.40. The molecule has 3 aromatic rings. The van der Waals surface area contributed by atoms with E-state index in [0.717, 1.165) is 27.4 Å². The van der Waals surface area contributed by atoms with Crippen LogP contribution in [0, 0.1) is 20.8 Å². The molecule has 0 N–H and O–H groups in total.